The lowest BCUT2D eigenvalue weighted by molar-refractivity contribution is 0.318. The van der Waals surface area contributed by atoms with Crippen LogP contribution in [0.1, 0.15) is 44.2 Å². The Bertz CT molecular complexity index is 452. The van der Waals surface area contributed by atoms with Gasteiger partial charge in [-0.2, -0.15) is 0 Å². The molecule has 0 amide bonds. The molecule has 1 aromatic carbocycles. The Hall–Kier alpha value is -1.87. The minimum absolute atomic E-state index is 0.0802. The van der Waals surface area contributed by atoms with Crippen molar-refractivity contribution in [3.63, 3.8) is 0 Å². The van der Waals surface area contributed by atoms with Gasteiger partial charge >= 0.3 is 0 Å². The summed E-state index contributed by atoms with van der Waals surface area (Å²) in [4.78, 5) is 0. The normalized spacial score (nSPS) is 15.1. The number of allylic oxidation sites excluding steroid dienone is 3. The average Bonchev–Trinajstić information content (AvgIpc) is 2.51. The number of oxime groups is 1. The summed E-state index contributed by atoms with van der Waals surface area (Å²) >= 11 is 0. The summed E-state index contributed by atoms with van der Waals surface area (Å²) in [7, 11) is 0. The van der Waals surface area contributed by atoms with Crippen LogP contribution < -0.4 is 5.73 Å². The highest BCUT2D eigenvalue weighted by molar-refractivity contribution is 5.59. The van der Waals surface area contributed by atoms with E-state index in [2.05, 4.69) is 41.6 Å². The van der Waals surface area contributed by atoms with Crippen molar-refractivity contribution in [3.05, 3.63) is 60.2 Å². The summed E-state index contributed by atoms with van der Waals surface area (Å²) in [5.41, 5.74) is 7.30. The van der Waals surface area contributed by atoms with E-state index in [1.807, 2.05) is 25.1 Å². The Kier molecular flexibility index (Phi) is 8.89. The fourth-order valence-electron chi connectivity index (χ4n) is 1.99. The summed E-state index contributed by atoms with van der Waals surface area (Å²) in [5, 5.41) is 11.4. The highest BCUT2D eigenvalue weighted by Gasteiger charge is 2.01. The van der Waals surface area contributed by atoms with Crippen LogP contribution in [0.5, 0.6) is 0 Å². The van der Waals surface area contributed by atoms with Crippen molar-refractivity contribution >= 4 is 6.21 Å². The SMILES string of the molecule is CC(C=NO)CC=CCCC=CCC(N)c1ccccc1. The Labute approximate surface area is 127 Å². The van der Waals surface area contributed by atoms with E-state index in [1.165, 1.54) is 5.56 Å². The van der Waals surface area contributed by atoms with E-state index in [0.717, 1.165) is 25.7 Å². The zero-order chi connectivity index (χ0) is 15.3. The first-order valence-corrected chi connectivity index (χ1v) is 7.52. The quantitative estimate of drug-likeness (QED) is 0.231. The third-order valence-corrected chi connectivity index (χ3v) is 3.28. The van der Waals surface area contributed by atoms with E-state index in [4.69, 9.17) is 10.9 Å². The van der Waals surface area contributed by atoms with Crippen LogP contribution in [0.15, 0.2) is 59.8 Å². The molecular formula is C18H26N2O. The van der Waals surface area contributed by atoms with Gasteiger partial charge in [-0.15, -0.1) is 5.16 Å². The lowest BCUT2D eigenvalue weighted by atomic mass is 10.0. The molecule has 0 aromatic heterocycles. The van der Waals surface area contributed by atoms with E-state index in [-0.39, 0.29) is 12.0 Å². The van der Waals surface area contributed by atoms with Crippen LogP contribution >= 0.6 is 0 Å². The van der Waals surface area contributed by atoms with Crippen LogP contribution in [0.4, 0.5) is 0 Å². The first-order valence-electron chi connectivity index (χ1n) is 7.52. The summed E-state index contributed by atoms with van der Waals surface area (Å²) in [6, 6.07) is 10.3. The molecule has 114 valence electrons. The van der Waals surface area contributed by atoms with E-state index < -0.39 is 0 Å². The van der Waals surface area contributed by atoms with Crippen LogP contribution in [0.2, 0.25) is 0 Å². The molecule has 0 radical (unpaired) electrons. The van der Waals surface area contributed by atoms with Gasteiger partial charge in [-0.3, -0.25) is 0 Å². The van der Waals surface area contributed by atoms with E-state index in [0.29, 0.717) is 0 Å². The second-order valence-electron chi connectivity index (χ2n) is 5.25. The molecule has 1 rings (SSSR count). The molecule has 1 aromatic rings. The molecule has 3 nitrogen and oxygen atoms in total. The Balaban J connectivity index is 2.14. The molecule has 0 aliphatic carbocycles. The number of nitrogens with two attached hydrogens (primary N) is 1. The number of nitrogens with zero attached hydrogens (tertiary/aromatic N) is 1. The maximum absolute atomic E-state index is 8.39. The van der Waals surface area contributed by atoms with E-state index in [1.54, 1.807) is 6.21 Å². The fraction of sp³-hybridized carbons (Fsp3) is 0.389. The van der Waals surface area contributed by atoms with Crippen LogP contribution in [0.3, 0.4) is 0 Å². The van der Waals surface area contributed by atoms with Crippen LogP contribution in [0.25, 0.3) is 0 Å². The van der Waals surface area contributed by atoms with Crippen molar-refractivity contribution in [1.82, 2.24) is 0 Å². The Morgan fingerprint density at radius 2 is 1.67 bits per heavy atom. The van der Waals surface area contributed by atoms with Crippen LogP contribution in [-0.4, -0.2) is 11.4 Å². The van der Waals surface area contributed by atoms with Gasteiger partial charge in [0.05, 0.1) is 0 Å². The van der Waals surface area contributed by atoms with Crippen molar-refractivity contribution in [1.29, 1.82) is 0 Å². The number of hydrogen-bond acceptors (Lipinski definition) is 3. The fourth-order valence-corrected chi connectivity index (χ4v) is 1.99. The maximum Gasteiger partial charge on any atom is 0.0467 e. The molecule has 0 spiro atoms. The Morgan fingerprint density at radius 3 is 2.29 bits per heavy atom. The smallest absolute Gasteiger partial charge is 0.0467 e. The molecule has 21 heavy (non-hydrogen) atoms. The van der Waals surface area contributed by atoms with Gasteiger partial charge in [-0.25, -0.2) is 0 Å². The highest BCUT2D eigenvalue weighted by Crippen LogP contribution is 2.13. The molecule has 3 N–H and O–H groups in total. The largest absolute Gasteiger partial charge is 0.411 e. The van der Waals surface area contributed by atoms with Crippen molar-refractivity contribution < 1.29 is 5.21 Å². The predicted molar refractivity (Wildman–Crippen MR) is 89.6 cm³/mol. The molecule has 3 heteroatoms. The second kappa shape index (κ2) is 10.9. The van der Waals surface area contributed by atoms with Gasteiger partial charge in [-0.1, -0.05) is 61.6 Å². The lowest BCUT2D eigenvalue weighted by Crippen LogP contribution is -2.08. The molecule has 0 fully saturated rings. The van der Waals surface area contributed by atoms with Gasteiger partial charge in [0.2, 0.25) is 0 Å². The molecule has 0 saturated heterocycles. The highest BCUT2D eigenvalue weighted by atomic mass is 16.4. The molecule has 0 saturated carbocycles. The molecule has 0 aliphatic rings. The van der Waals surface area contributed by atoms with Gasteiger partial charge in [0.15, 0.2) is 0 Å². The molecule has 0 heterocycles. The second-order valence-corrected chi connectivity index (χ2v) is 5.25. The van der Waals surface area contributed by atoms with Crippen molar-refractivity contribution in [3.8, 4) is 0 Å². The third-order valence-electron chi connectivity index (χ3n) is 3.28. The van der Waals surface area contributed by atoms with Crippen molar-refractivity contribution in [2.24, 2.45) is 16.8 Å². The molecule has 2 atom stereocenters. The van der Waals surface area contributed by atoms with Gasteiger partial charge in [0, 0.05) is 12.3 Å². The Morgan fingerprint density at radius 1 is 1.05 bits per heavy atom. The van der Waals surface area contributed by atoms with Gasteiger partial charge in [0.1, 0.15) is 0 Å². The summed E-state index contributed by atoms with van der Waals surface area (Å²) in [6.07, 6.45) is 14.0. The predicted octanol–water partition coefficient (Wildman–Crippen LogP) is 4.46. The number of unbranched alkanes of at least 4 members (excludes halogenated alkanes) is 1. The van der Waals surface area contributed by atoms with Gasteiger partial charge in [-0.05, 0) is 37.2 Å². The average molecular weight is 286 g/mol. The molecule has 2 unspecified atom stereocenters. The number of benzene rings is 1. The third kappa shape index (κ3) is 8.10. The van der Waals surface area contributed by atoms with Crippen LogP contribution in [0, 0.1) is 5.92 Å². The van der Waals surface area contributed by atoms with Crippen molar-refractivity contribution in [2.75, 3.05) is 0 Å². The first kappa shape index (κ1) is 17.2. The van der Waals surface area contributed by atoms with Gasteiger partial charge in [0.25, 0.3) is 0 Å². The van der Waals surface area contributed by atoms with Crippen molar-refractivity contribution in [2.45, 2.75) is 38.6 Å². The molecular weight excluding hydrogens is 260 g/mol. The number of hydrogen-bond donors (Lipinski definition) is 2. The minimum Gasteiger partial charge on any atom is -0.411 e. The summed E-state index contributed by atoms with van der Waals surface area (Å²) in [6.45, 7) is 2.02. The summed E-state index contributed by atoms with van der Waals surface area (Å²) < 4.78 is 0. The standard InChI is InChI=1S/C18H26N2O/c1-16(15-20-21)11-7-4-2-3-5-10-14-18(19)17-12-8-6-9-13-17/h4-10,12-13,15-16,18,21H,2-3,11,14,19H2,1H3. The number of rotatable bonds is 9. The van der Waals surface area contributed by atoms with Crippen LogP contribution in [-0.2, 0) is 0 Å². The summed E-state index contributed by atoms with van der Waals surface area (Å²) in [5.74, 6) is 0.283. The molecule has 0 bridgehead atoms. The monoisotopic (exact) mass is 286 g/mol. The zero-order valence-electron chi connectivity index (χ0n) is 12.7. The lowest BCUT2D eigenvalue weighted by Gasteiger charge is -2.08. The molecule has 0 aliphatic heterocycles. The first-order chi connectivity index (χ1) is 10.2. The minimum atomic E-state index is 0.0802. The maximum atomic E-state index is 8.39. The van der Waals surface area contributed by atoms with E-state index >= 15 is 0 Å². The zero-order valence-corrected chi connectivity index (χ0v) is 12.7. The topological polar surface area (TPSA) is 58.6 Å². The van der Waals surface area contributed by atoms with E-state index in [9.17, 15) is 0 Å². The van der Waals surface area contributed by atoms with Gasteiger partial charge < -0.3 is 10.9 Å².